The van der Waals surface area contributed by atoms with Crippen LogP contribution >= 0.6 is 0 Å². The molecule has 0 fully saturated rings. The third-order valence-electron chi connectivity index (χ3n) is 3.88. The summed E-state index contributed by atoms with van der Waals surface area (Å²) < 4.78 is 11.3. The van der Waals surface area contributed by atoms with Crippen LogP contribution in [0.4, 0.5) is 0 Å². The standard InChI is InChI=1S/C20H28N2O2/c21-19(17-9-3-1-4-10-17)15-23-13-7-8-14-24-16-20(22)18-11-5-2-6-12-18/h1-6,9-12,19-20H,7-8,13-16,21-22H2/t19-,20-/m1/s1. The van der Waals surface area contributed by atoms with Crippen LogP contribution in [0.25, 0.3) is 0 Å². The van der Waals surface area contributed by atoms with Gasteiger partial charge >= 0.3 is 0 Å². The summed E-state index contributed by atoms with van der Waals surface area (Å²) in [6, 6.07) is 19.9. The van der Waals surface area contributed by atoms with Crippen LogP contribution in [0.1, 0.15) is 36.1 Å². The largest absolute Gasteiger partial charge is 0.379 e. The molecule has 0 amide bonds. The Hall–Kier alpha value is -1.72. The highest BCUT2D eigenvalue weighted by atomic mass is 16.5. The van der Waals surface area contributed by atoms with Crippen molar-refractivity contribution in [2.24, 2.45) is 11.5 Å². The first kappa shape index (κ1) is 18.6. The lowest BCUT2D eigenvalue weighted by Gasteiger charge is -2.13. The minimum atomic E-state index is -0.0636. The van der Waals surface area contributed by atoms with Gasteiger partial charge in [0.05, 0.1) is 25.3 Å². The Morgan fingerprint density at radius 3 is 1.38 bits per heavy atom. The predicted molar refractivity (Wildman–Crippen MR) is 97.6 cm³/mol. The van der Waals surface area contributed by atoms with Crippen molar-refractivity contribution in [3.8, 4) is 0 Å². The average Bonchev–Trinajstić information content (AvgIpc) is 2.65. The zero-order valence-electron chi connectivity index (χ0n) is 14.1. The molecule has 24 heavy (non-hydrogen) atoms. The maximum atomic E-state index is 6.08. The minimum Gasteiger partial charge on any atom is -0.379 e. The van der Waals surface area contributed by atoms with Gasteiger partial charge in [-0.05, 0) is 24.0 Å². The van der Waals surface area contributed by atoms with Gasteiger partial charge in [-0.2, -0.15) is 0 Å². The first-order chi connectivity index (χ1) is 11.8. The van der Waals surface area contributed by atoms with Crippen molar-refractivity contribution < 1.29 is 9.47 Å². The lowest BCUT2D eigenvalue weighted by molar-refractivity contribution is 0.0914. The smallest absolute Gasteiger partial charge is 0.0659 e. The molecule has 2 rings (SSSR count). The molecule has 0 aliphatic rings. The minimum absolute atomic E-state index is 0.0636. The van der Waals surface area contributed by atoms with Crippen LogP contribution in [0.3, 0.4) is 0 Å². The van der Waals surface area contributed by atoms with Gasteiger partial charge in [0, 0.05) is 13.2 Å². The highest BCUT2D eigenvalue weighted by Gasteiger charge is 2.06. The monoisotopic (exact) mass is 328 g/mol. The fourth-order valence-electron chi connectivity index (χ4n) is 2.42. The molecule has 0 unspecified atom stereocenters. The number of rotatable bonds is 11. The predicted octanol–water partition coefficient (Wildman–Crippen LogP) is 3.20. The van der Waals surface area contributed by atoms with Crippen molar-refractivity contribution in [2.45, 2.75) is 24.9 Å². The average molecular weight is 328 g/mol. The van der Waals surface area contributed by atoms with Gasteiger partial charge in [-0.15, -0.1) is 0 Å². The topological polar surface area (TPSA) is 70.5 Å². The van der Waals surface area contributed by atoms with E-state index in [1.165, 1.54) is 0 Å². The molecule has 0 aromatic heterocycles. The Balaban J connectivity index is 1.47. The van der Waals surface area contributed by atoms with Crippen molar-refractivity contribution in [1.29, 1.82) is 0 Å². The van der Waals surface area contributed by atoms with Gasteiger partial charge in [0.2, 0.25) is 0 Å². The van der Waals surface area contributed by atoms with E-state index in [0.29, 0.717) is 26.4 Å². The molecule has 0 aliphatic carbocycles. The molecule has 0 spiro atoms. The summed E-state index contributed by atoms with van der Waals surface area (Å²) in [5, 5.41) is 0. The molecule has 2 aromatic rings. The number of nitrogens with two attached hydrogens (primary N) is 2. The fraction of sp³-hybridized carbons (Fsp3) is 0.400. The Labute approximate surface area is 144 Å². The molecule has 0 saturated heterocycles. The Kier molecular flexibility index (Phi) is 8.49. The van der Waals surface area contributed by atoms with E-state index >= 15 is 0 Å². The lowest BCUT2D eigenvalue weighted by Crippen LogP contribution is -2.18. The second kappa shape index (κ2) is 10.9. The maximum absolute atomic E-state index is 6.08. The van der Waals surface area contributed by atoms with Crippen molar-refractivity contribution in [2.75, 3.05) is 26.4 Å². The molecule has 2 aromatic carbocycles. The van der Waals surface area contributed by atoms with Crippen LogP contribution in [0.5, 0.6) is 0 Å². The van der Waals surface area contributed by atoms with Gasteiger partial charge < -0.3 is 20.9 Å². The van der Waals surface area contributed by atoms with Crippen molar-refractivity contribution in [3.05, 3.63) is 71.8 Å². The summed E-state index contributed by atoms with van der Waals surface area (Å²) in [7, 11) is 0. The van der Waals surface area contributed by atoms with Crippen LogP contribution in [-0.4, -0.2) is 26.4 Å². The third-order valence-corrected chi connectivity index (χ3v) is 3.88. The Morgan fingerprint density at radius 1 is 0.625 bits per heavy atom. The molecule has 0 bridgehead atoms. The Morgan fingerprint density at radius 2 is 1.00 bits per heavy atom. The molecular weight excluding hydrogens is 300 g/mol. The van der Waals surface area contributed by atoms with Gasteiger partial charge in [0.1, 0.15) is 0 Å². The van der Waals surface area contributed by atoms with E-state index in [9.17, 15) is 0 Å². The van der Waals surface area contributed by atoms with E-state index in [-0.39, 0.29) is 12.1 Å². The summed E-state index contributed by atoms with van der Waals surface area (Å²) >= 11 is 0. The highest BCUT2D eigenvalue weighted by molar-refractivity contribution is 5.19. The molecular formula is C20H28N2O2. The summed E-state index contributed by atoms with van der Waals surface area (Å²) in [6.45, 7) is 2.50. The fourth-order valence-corrected chi connectivity index (χ4v) is 2.42. The van der Waals surface area contributed by atoms with Crippen LogP contribution < -0.4 is 11.5 Å². The number of benzene rings is 2. The van der Waals surface area contributed by atoms with Crippen molar-refractivity contribution >= 4 is 0 Å². The summed E-state index contributed by atoms with van der Waals surface area (Å²) in [4.78, 5) is 0. The van der Waals surface area contributed by atoms with Gasteiger partial charge in [0.15, 0.2) is 0 Å². The SMILES string of the molecule is N[C@H](COCCCCOC[C@@H](N)c1ccccc1)c1ccccc1. The summed E-state index contributed by atoms with van der Waals surface area (Å²) in [5.74, 6) is 0. The van der Waals surface area contributed by atoms with Gasteiger partial charge in [-0.1, -0.05) is 60.7 Å². The van der Waals surface area contributed by atoms with Crippen LogP contribution in [-0.2, 0) is 9.47 Å². The number of hydrogen-bond donors (Lipinski definition) is 2. The molecule has 130 valence electrons. The number of hydrogen-bond acceptors (Lipinski definition) is 4. The van der Waals surface area contributed by atoms with Crippen LogP contribution in [0, 0.1) is 0 Å². The second-order valence-corrected chi connectivity index (χ2v) is 5.89. The van der Waals surface area contributed by atoms with E-state index in [2.05, 4.69) is 0 Å². The van der Waals surface area contributed by atoms with E-state index in [1.807, 2.05) is 60.7 Å². The summed E-state index contributed by atoms with van der Waals surface area (Å²) in [5.41, 5.74) is 14.4. The van der Waals surface area contributed by atoms with Crippen LogP contribution in [0.2, 0.25) is 0 Å². The first-order valence-electron chi connectivity index (χ1n) is 8.54. The quantitative estimate of drug-likeness (QED) is 0.621. The van der Waals surface area contributed by atoms with E-state index in [0.717, 1.165) is 24.0 Å². The zero-order chi connectivity index (χ0) is 17.0. The third kappa shape index (κ3) is 6.81. The normalized spacial score (nSPS) is 13.6. The highest BCUT2D eigenvalue weighted by Crippen LogP contribution is 2.11. The molecule has 4 nitrogen and oxygen atoms in total. The first-order valence-corrected chi connectivity index (χ1v) is 8.54. The van der Waals surface area contributed by atoms with Gasteiger partial charge in [0.25, 0.3) is 0 Å². The number of unbranched alkanes of at least 4 members (excludes halogenated alkanes) is 1. The molecule has 0 saturated carbocycles. The second-order valence-electron chi connectivity index (χ2n) is 5.89. The molecule has 2 atom stereocenters. The lowest BCUT2D eigenvalue weighted by atomic mass is 10.1. The van der Waals surface area contributed by atoms with Gasteiger partial charge in [-0.3, -0.25) is 0 Å². The Bertz CT molecular complexity index is 497. The van der Waals surface area contributed by atoms with Gasteiger partial charge in [-0.25, -0.2) is 0 Å². The van der Waals surface area contributed by atoms with E-state index in [1.54, 1.807) is 0 Å². The molecule has 0 aliphatic heterocycles. The summed E-state index contributed by atoms with van der Waals surface area (Å²) in [6.07, 6.45) is 1.92. The molecule has 4 heteroatoms. The number of ether oxygens (including phenoxy) is 2. The van der Waals surface area contributed by atoms with Crippen molar-refractivity contribution in [3.63, 3.8) is 0 Å². The molecule has 0 heterocycles. The van der Waals surface area contributed by atoms with Crippen LogP contribution in [0.15, 0.2) is 60.7 Å². The molecule has 0 radical (unpaired) electrons. The van der Waals surface area contributed by atoms with E-state index in [4.69, 9.17) is 20.9 Å². The molecule has 4 N–H and O–H groups in total. The maximum Gasteiger partial charge on any atom is 0.0659 e. The van der Waals surface area contributed by atoms with E-state index < -0.39 is 0 Å². The zero-order valence-corrected chi connectivity index (χ0v) is 14.1. The van der Waals surface area contributed by atoms with Crippen molar-refractivity contribution in [1.82, 2.24) is 0 Å².